The molecule has 0 spiro atoms. The fourth-order valence-electron chi connectivity index (χ4n) is 1.68. The molecule has 0 aliphatic rings. The number of benzene rings is 1. The van der Waals surface area contributed by atoms with Crippen LogP contribution < -0.4 is 16.4 Å². The number of nitrogens with two attached hydrogens (primary N) is 1. The molecule has 2 amide bonds. The average Bonchev–Trinajstić information content (AvgIpc) is 2.38. The SMILES string of the molecule is CSCC[C@@H](N)C(=O)Nc1ccc(NC(C)=O)c(C)c1. The largest absolute Gasteiger partial charge is 0.326 e. The molecule has 0 aromatic heterocycles. The highest BCUT2D eigenvalue weighted by Gasteiger charge is 2.13. The van der Waals surface area contributed by atoms with E-state index in [2.05, 4.69) is 10.6 Å². The van der Waals surface area contributed by atoms with Gasteiger partial charge in [-0.05, 0) is 49.1 Å². The van der Waals surface area contributed by atoms with Crippen LogP contribution in [-0.2, 0) is 9.59 Å². The standard InChI is InChI=1S/C14H21N3O2S/c1-9-8-11(4-5-13(9)16-10(2)18)17-14(19)12(15)6-7-20-3/h4-5,8,12H,6-7,15H2,1-3H3,(H,16,18)(H,17,19)/t12-/m1/s1. The van der Waals surface area contributed by atoms with Crippen molar-refractivity contribution in [3.63, 3.8) is 0 Å². The van der Waals surface area contributed by atoms with Crippen molar-refractivity contribution < 1.29 is 9.59 Å². The zero-order valence-corrected chi connectivity index (χ0v) is 12.8. The van der Waals surface area contributed by atoms with Crippen molar-refractivity contribution in [1.82, 2.24) is 0 Å². The van der Waals surface area contributed by atoms with Gasteiger partial charge in [-0.15, -0.1) is 0 Å². The Hall–Kier alpha value is -1.53. The lowest BCUT2D eigenvalue weighted by Gasteiger charge is -2.13. The predicted molar refractivity (Wildman–Crippen MR) is 85.1 cm³/mol. The third kappa shape index (κ3) is 5.22. The number of carbonyl (C=O) groups excluding carboxylic acids is 2. The molecule has 0 heterocycles. The van der Waals surface area contributed by atoms with Crippen LogP contribution in [0.25, 0.3) is 0 Å². The van der Waals surface area contributed by atoms with Crippen LogP contribution in [-0.4, -0.2) is 29.9 Å². The van der Waals surface area contributed by atoms with Crippen LogP contribution in [0.2, 0.25) is 0 Å². The summed E-state index contributed by atoms with van der Waals surface area (Å²) in [5.41, 5.74) is 8.11. The molecular formula is C14H21N3O2S. The van der Waals surface area contributed by atoms with Gasteiger partial charge >= 0.3 is 0 Å². The topological polar surface area (TPSA) is 84.2 Å². The molecule has 0 unspecified atom stereocenters. The first-order chi connectivity index (χ1) is 9.43. The van der Waals surface area contributed by atoms with Crippen LogP contribution in [0.3, 0.4) is 0 Å². The number of anilines is 2. The van der Waals surface area contributed by atoms with E-state index in [4.69, 9.17) is 5.73 Å². The number of rotatable bonds is 6. The summed E-state index contributed by atoms with van der Waals surface area (Å²) < 4.78 is 0. The molecule has 0 saturated heterocycles. The van der Waals surface area contributed by atoms with Crippen LogP contribution in [0.15, 0.2) is 18.2 Å². The third-order valence-corrected chi connectivity index (χ3v) is 3.42. The maximum atomic E-state index is 11.9. The lowest BCUT2D eigenvalue weighted by Crippen LogP contribution is -2.36. The molecule has 0 aliphatic carbocycles. The first-order valence-corrected chi connectivity index (χ1v) is 7.77. The Morgan fingerprint density at radius 1 is 1.35 bits per heavy atom. The lowest BCUT2D eigenvalue weighted by molar-refractivity contribution is -0.117. The minimum Gasteiger partial charge on any atom is -0.326 e. The second kappa shape index (κ2) is 7.91. The van der Waals surface area contributed by atoms with Gasteiger partial charge in [0.15, 0.2) is 0 Å². The van der Waals surface area contributed by atoms with Crippen molar-refractivity contribution in [1.29, 1.82) is 0 Å². The summed E-state index contributed by atoms with van der Waals surface area (Å²) in [6.45, 7) is 3.33. The number of nitrogens with one attached hydrogen (secondary N) is 2. The third-order valence-electron chi connectivity index (χ3n) is 2.77. The molecule has 0 bridgehead atoms. The Morgan fingerprint density at radius 3 is 2.60 bits per heavy atom. The van der Waals surface area contributed by atoms with Crippen molar-refractivity contribution in [2.75, 3.05) is 22.6 Å². The molecular weight excluding hydrogens is 274 g/mol. The molecule has 1 aromatic carbocycles. The van der Waals surface area contributed by atoms with E-state index >= 15 is 0 Å². The van der Waals surface area contributed by atoms with Gasteiger partial charge < -0.3 is 16.4 Å². The van der Waals surface area contributed by atoms with Gasteiger partial charge in [0.05, 0.1) is 6.04 Å². The summed E-state index contributed by atoms with van der Waals surface area (Å²) in [7, 11) is 0. The maximum absolute atomic E-state index is 11.9. The Kier molecular flexibility index (Phi) is 6.54. The predicted octanol–water partition coefficient (Wildman–Crippen LogP) is 1.97. The smallest absolute Gasteiger partial charge is 0.241 e. The normalized spacial score (nSPS) is 11.8. The highest BCUT2D eigenvalue weighted by Crippen LogP contribution is 2.19. The van der Waals surface area contributed by atoms with Crippen molar-refractivity contribution in [2.24, 2.45) is 5.73 Å². The van der Waals surface area contributed by atoms with Crippen molar-refractivity contribution in [2.45, 2.75) is 26.3 Å². The highest BCUT2D eigenvalue weighted by atomic mass is 32.2. The van der Waals surface area contributed by atoms with Gasteiger partial charge in [0.25, 0.3) is 0 Å². The minimum absolute atomic E-state index is 0.121. The maximum Gasteiger partial charge on any atom is 0.241 e. The summed E-state index contributed by atoms with van der Waals surface area (Å²) in [5.74, 6) is 0.546. The summed E-state index contributed by atoms with van der Waals surface area (Å²) in [5, 5.41) is 5.51. The molecule has 0 radical (unpaired) electrons. The first kappa shape index (κ1) is 16.5. The molecule has 20 heavy (non-hydrogen) atoms. The highest BCUT2D eigenvalue weighted by molar-refractivity contribution is 7.98. The second-order valence-corrected chi connectivity index (χ2v) is 5.57. The first-order valence-electron chi connectivity index (χ1n) is 6.37. The number of hydrogen-bond donors (Lipinski definition) is 3. The van der Waals surface area contributed by atoms with E-state index in [1.807, 2.05) is 19.2 Å². The van der Waals surface area contributed by atoms with E-state index in [0.29, 0.717) is 12.1 Å². The molecule has 4 N–H and O–H groups in total. The molecule has 6 heteroatoms. The Labute approximate surface area is 123 Å². The zero-order valence-electron chi connectivity index (χ0n) is 12.0. The van der Waals surface area contributed by atoms with E-state index in [0.717, 1.165) is 17.0 Å². The number of hydrogen-bond acceptors (Lipinski definition) is 4. The minimum atomic E-state index is -0.502. The van der Waals surface area contributed by atoms with E-state index in [-0.39, 0.29) is 11.8 Å². The summed E-state index contributed by atoms with van der Waals surface area (Å²) >= 11 is 1.66. The summed E-state index contributed by atoms with van der Waals surface area (Å²) in [6.07, 6.45) is 2.63. The molecule has 1 aromatic rings. The monoisotopic (exact) mass is 295 g/mol. The van der Waals surface area contributed by atoms with E-state index in [1.54, 1.807) is 23.9 Å². The van der Waals surface area contributed by atoms with Gasteiger partial charge in [-0.3, -0.25) is 9.59 Å². The zero-order chi connectivity index (χ0) is 15.1. The van der Waals surface area contributed by atoms with Crippen molar-refractivity contribution in [3.8, 4) is 0 Å². The van der Waals surface area contributed by atoms with Gasteiger partial charge in [-0.2, -0.15) is 11.8 Å². The Balaban J connectivity index is 2.67. The van der Waals surface area contributed by atoms with Gasteiger partial charge in [0.1, 0.15) is 0 Å². The quantitative estimate of drug-likeness (QED) is 0.749. The van der Waals surface area contributed by atoms with E-state index in [1.165, 1.54) is 6.92 Å². The van der Waals surface area contributed by atoms with Crippen LogP contribution in [0, 0.1) is 6.92 Å². The van der Waals surface area contributed by atoms with Crippen molar-refractivity contribution >= 4 is 35.0 Å². The van der Waals surface area contributed by atoms with Gasteiger partial charge in [0.2, 0.25) is 11.8 Å². The number of amides is 2. The fraction of sp³-hybridized carbons (Fsp3) is 0.429. The molecule has 0 saturated carbocycles. The van der Waals surface area contributed by atoms with Crippen LogP contribution in [0.4, 0.5) is 11.4 Å². The molecule has 1 rings (SSSR count). The fourth-order valence-corrected chi connectivity index (χ4v) is 2.17. The lowest BCUT2D eigenvalue weighted by atomic mass is 10.1. The van der Waals surface area contributed by atoms with Crippen LogP contribution in [0.1, 0.15) is 18.9 Å². The van der Waals surface area contributed by atoms with Crippen LogP contribution in [0.5, 0.6) is 0 Å². The van der Waals surface area contributed by atoms with Crippen LogP contribution >= 0.6 is 11.8 Å². The summed E-state index contributed by atoms with van der Waals surface area (Å²) in [6, 6.07) is 4.82. The number of aryl methyl sites for hydroxylation is 1. The summed E-state index contributed by atoms with van der Waals surface area (Å²) in [4.78, 5) is 22.9. The van der Waals surface area contributed by atoms with Gasteiger partial charge in [-0.1, -0.05) is 0 Å². The van der Waals surface area contributed by atoms with Gasteiger partial charge in [-0.25, -0.2) is 0 Å². The van der Waals surface area contributed by atoms with Crippen molar-refractivity contribution in [3.05, 3.63) is 23.8 Å². The average molecular weight is 295 g/mol. The van der Waals surface area contributed by atoms with E-state index < -0.39 is 6.04 Å². The Morgan fingerprint density at radius 2 is 2.05 bits per heavy atom. The van der Waals surface area contributed by atoms with Gasteiger partial charge in [0, 0.05) is 18.3 Å². The molecule has 0 aliphatic heterocycles. The molecule has 110 valence electrons. The Bertz CT molecular complexity index is 491. The molecule has 5 nitrogen and oxygen atoms in total. The number of carbonyl (C=O) groups is 2. The molecule has 1 atom stereocenters. The number of thioether (sulfide) groups is 1. The molecule has 0 fully saturated rings. The second-order valence-electron chi connectivity index (χ2n) is 4.59. The van der Waals surface area contributed by atoms with E-state index in [9.17, 15) is 9.59 Å².